The number of hydrogen-bond donors (Lipinski definition) is 1. The zero-order chi connectivity index (χ0) is 13.5. The van der Waals surface area contributed by atoms with Gasteiger partial charge in [-0.3, -0.25) is 0 Å². The summed E-state index contributed by atoms with van der Waals surface area (Å²) < 4.78 is 37.6. The highest BCUT2D eigenvalue weighted by Gasteiger charge is 2.32. The highest BCUT2D eigenvalue weighted by molar-refractivity contribution is 5.30. The molecule has 17 heavy (non-hydrogen) atoms. The van der Waals surface area contributed by atoms with E-state index < -0.39 is 17.8 Å². The van der Waals surface area contributed by atoms with Gasteiger partial charge in [0.15, 0.2) is 0 Å². The van der Waals surface area contributed by atoms with Gasteiger partial charge in [-0.2, -0.15) is 13.2 Å². The highest BCUT2D eigenvalue weighted by atomic mass is 19.4. The fourth-order valence-corrected chi connectivity index (χ4v) is 1.37. The van der Waals surface area contributed by atoms with E-state index in [1.807, 2.05) is 13.8 Å². The summed E-state index contributed by atoms with van der Waals surface area (Å²) in [7, 11) is 0. The number of hydrogen-bond acceptors (Lipinski definition) is 1. The molecule has 0 spiro atoms. The molecular formula is C13H19F3O. The van der Waals surface area contributed by atoms with Crippen LogP contribution >= 0.6 is 0 Å². The zero-order valence-electron chi connectivity index (χ0n) is 10.4. The van der Waals surface area contributed by atoms with Gasteiger partial charge >= 0.3 is 6.18 Å². The molecule has 0 aliphatic heterocycles. The Hall–Kier alpha value is -1.03. The fraction of sp³-hybridized carbons (Fsp3) is 0.538. The predicted octanol–water partition coefficient (Wildman–Crippen LogP) is 4.05. The first kappa shape index (κ1) is 16.0. The first-order valence-corrected chi connectivity index (χ1v) is 5.78. The van der Waals surface area contributed by atoms with Gasteiger partial charge in [0.1, 0.15) is 0 Å². The third kappa shape index (κ3) is 5.22. The van der Waals surface area contributed by atoms with Crippen molar-refractivity contribution in [1.29, 1.82) is 0 Å². The van der Waals surface area contributed by atoms with E-state index in [1.165, 1.54) is 12.1 Å². The van der Waals surface area contributed by atoms with Crippen molar-refractivity contribution in [1.82, 2.24) is 0 Å². The number of halogens is 3. The standard InChI is InChI=1S/C11H13F3O.C2H6/c1-2-9(15)7-8-5-3-4-6-10(8)11(12,13)14;1-2/h3-6,9,15H,2,7H2,1H3;1-2H3. The Kier molecular flexibility index (Phi) is 6.88. The molecule has 1 atom stereocenters. The molecule has 0 aliphatic rings. The molecule has 1 unspecified atom stereocenters. The Bertz CT molecular complexity index is 321. The van der Waals surface area contributed by atoms with Crippen molar-refractivity contribution in [2.45, 2.75) is 45.9 Å². The maximum Gasteiger partial charge on any atom is 0.416 e. The molecule has 1 N–H and O–H groups in total. The molecule has 0 saturated carbocycles. The number of benzene rings is 1. The molecule has 0 saturated heterocycles. The third-order valence-electron chi connectivity index (χ3n) is 2.25. The number of rotatable bonds is 3. The molecule has 0 aromatic heterocycles. The van der Waals surface area contributed by atoms with Crippen molar-refractivity contribution < 1.29 is 18.3 Å². The zero-order valence-corrected chi connectivity index (χ0v) is 10.4. The van der Waals surface area contributed by atoms with Crippen LogP contribution in [0.2, 0.25) is 0 Å². The summed E-state index contributed by atoms with van der Waals surface area (Å²) in [5, 5.41) is 9.33. The van der Waals surface area contributed by atoms with Crippen LogP contribution in [0.4, 0.5) is 13.2 Å². The minimum absolute atomic E-state index is 0.0478. The van der Waals surface area contributed by atoms with Crippen LogP contribution in [-0.4, -0.2) is 11.2 Å². The highest BCUT2D eigenvalue weighted by Crippen LogP contribution is 2.32. The van der Waals surface area contributed by atoms with E-state index in [0.29, 0.717) is 6.42 Å². The van der Waals surface area contributed by atoms with E-state index in [1.54, 1.807) is 13.0 Å². The first-order valence-electron chi connectivity index (χ1n) is 5.78. The summed E-state index contributed by atoms with van der Waals surface area (Å²) in [6.45, 7) is 5.74. The van der Waals surface area contributed by atoms with Gasteiger partial charge in [-0.15, -0.1) is 0 Å². The summed E-state index contributed by atoms with van der Waals surface area (Å²) in [5.74, 6) is 0. The van der Waals surface area contributed by atoms with E-state index in [2.05, 4.69) is 0 Å². The van der Waals surface area contributed by atoms with E-state index in [9.17, 15) is 18.3 Å². The first-order chi connectivity index (χ1) is 7.95. The molecule has 0 radical (unpaired) electrons. The number of alkyl halides is 3. The lowest BCUT2D eigenvalue weighted by molar-refractivity contribution is -0.138. The van der Waals surface area contributed by atoms with Crippen molar-refractivity contribution in [2.24, 2.45) is 0 Å². The van der Waals surface area contributed by atoms with E-state index in [-0.39, 0.29) is 12.0 Å². The largest absolute Gasteiger partial charge is 0.416 e. The smallest absolute Gasteiger partial charge is 0.393 e. The summed E-state index contributed by atoms with van der Waals surface area (Å²) in [5.41, 5.74) is -0.503. The third-order valence-corrected chi connectivity index (χ3v) is 2.25. The molecule has 1 aromatic carbocycles. The van der Waals surface area contributed by atoms with Crippen molar-refractivity contribution in [3.63, 3.8) is 0 Å². The minimum atomic E-state index is -4.34. The Morgan fingerprint density at radius 3 is 2.18 bits per heavy atom. The number of aliphatic hydroxyl groups is 1. The minimum Gasteiger partial charge on any atom is -0.393 e. The van der Waals surface area contributed by atoms with Crippen molar-refractivity contribution in [3.05, 3.63) is 35.4 Å². The van der Waals surface area contributed by atoms with Gasteiger partial charge in [-0.05, 0) is 24.5 Å². The lowest BCUT2D eigenvalue weighted by atomic mass is 10.0. The van der Waals surface area contributed by atoms with Crippen LogP contribution in [0, 0.1) is 0 Å². The molecule has 1 nitrogen and oxygen atoms in total. The molecule has 1 aromatic rings. The molecule has 4 heteroatoms. The maximum atomic E-state index is 12.5. The molecule has 0 aliphatic carbocycles. The van der Waals surface area contributed by atoms with Crippen LogP contribution in [0.5, 0.6) is 0 Å². The number of aliphatic hydroxyl groups excluding tert-OH is 1. The molecule has 98 valence electrons. The topological polar surface area (TPSA) is 20.2 Å². The average Bonchev–Trinajstić information content (AvgIpc) is 2.31. The van der Waals surface area contributed by atoms with Crippen LogP contribution < -0.4 is 0 Å². The second-order valence-corrected chi connectivity index (χ2v) is 3.42. The van der Waals surface area contributed by atoms with Gasteiger partial charge in [-0.25, -0.2) is 0 Å². The normalized spacial score (nSPS) is 12.6. The SMILES string of the molecule is CC.CCC(O)Cc1ccccc1C(F)(F)F. The lowest BCUT2D eigenvalue weighted by Crippen LogP contribution is -2.14. The van der Waals surface area contributed by atoms with Gasteiger partial charge in [0.25, 0.3) is 0 Å². The second kappa shape index (κ2) is 7.33. The summed E-state index contributed by atoms with van der Waals surface area (Å²) in [4.78, 5) is 0. The van der Waals surface area contributed by atoms with E-state index in [4.69, 9.17) is 0 Å². The van der Waals surface area contributed by atoms with E-state index in [0.717, 1.165) is 6.07 Å². The fourth-order valence-electron chi connectivity index (χ4n) is 1.37. The Labute approximate surface area is 100 Å². The van der Waals surface area contributed by atoms with Gasteiger partial charge in [0.05, 0.1) is 11.7 Å². The summed E-state index contributed by atoms with van der Waals surface area (Å²) >= 11 is 0. The molecule has 0 bridgehead atoms. The van der Waals surface area contributed by atoms with Crippen molar-refractivity contribution in [2.75, 3.05) is 0 Å². The summed E-state index contributed by atoms with van der Waals surface area (Å²) in [6.07, 6.45) is -4.56. The monoisotopic (exact) mass is 248 g/mol. The second-order valence-electron chi connectivity index (χ2n) is 3.42. The molecule has 0 fully saturated rings. The van der Waals surface area contributed by atoms with Crippen LogP contribution in [0.1, 0.15) is 38.3 Å². The van der Waals surface area contributed by atoms with E-state index >= 15 is 0 Å². The Balaban J connectivity index is 0.00000121. The van der Waals surface area contributed by atoms with Gasteiger partial charge in [-0.1, -0.05) is 39.0 Å². The Morgan fingerprint density at radius 2 is 1.71 bits per heavy atom. The lowest BCUT2D eigenvalue weighted by Gasteiger charge is -2.14. The van der Waals surface area contributed by atoms with Gasteiger partial charge < -0.3 is 5.11 Å². The predicted molar refractivity (Wildman–Crippen MR) is 62.8 cm³/mol. The van der Waals surface area contributed by atoms with Gasteiger partial charge in [0.2, 0.25) is 0 Å². The molecule has 0 amide bonds. The van der Waals surface area contributed by atoms with Crippen LogP contribution in [0.15, 0.2) is 24.3 Å². The van der Waals surface area contributed by atoms with Crippen molar-refractivity contribution >= 4 is 0 Å². The van der Waals surface area contributed by atoms with Gasteiger partial charge in [0, 0.05) is 0 Å². The van der Waals surface area contributed by atoms with Crippen LogP contribution in [0.3, 0.4) is 0 Å². The molecular weight excluding hydrogens is 229 g/mol. The molecule has 0 heterocycles. The van der Waals surface area contributed by atoms with Crippen molar-refractivity contribution in [3.8, 4) is 0 Å². The Morgan fingerprint density at radius 1 is 1.18 bits per heavy atom. The van der Waals surface area contributed by atoms with Crippen LogP contribution in [-0.2, 0) is 12.6 Å². The summed E-state index contributed by atoms with van der Waals surface area (Å²) in [6, 6.07) is 5.34. The average molecular weight is 248 g/mol. The maximum absolute atomic E-state index is 12.5. The van der Waals surface area contributed by atoms with Crippen LogP contribution in [0.25, 0.3) is 0 Å². The molecule has 1 rings (SSSR count). The quantitative estimate of drug-likeness (QED) is 0.855.